The Morgan fingerprint density at radius 1 is 1.05 bits per heavy atom. The minimum absolute atomic E-state index is 0.439. The van der Waals surface area contributed by atoms with E-state index >= 15 is 0 Å². The molecule has 3 aromatic rings. The summed E-state index contributed by atoms with van der Waals surface area (Å²) in [6.45, 7) is 0.457. The van der Waals surface area contributed by atoms with Gasteiger partial charge in [-0.2, -0.15) is 0 Å². The SMILES string of the molecule is Clc1ccc2c(n1)C(c1ccccc1)=NCc1nncn1-2. The molecule has 0 saturated carbocycles. The number of aromatic nitrogens is 4. The normalized spacial score (nSPS) is 13.1. The van der Waals surface area contributed by atoms with E-state index in [-0.39, 0.29) is 0 Å². The van der Waals surface area contributed by atoms with Gasteiger partial charge in [0.2, 0.25) is 0 Å². The largest absolute Gasteiger partial charge is 0.282 e. The molecule has 0 unspecified atom stereocenters. The molecule has 102 valence electrons. The maximum Gasteiger partial charge on any atom is 0.159 e. The predicted octanol–water partition coefficient (Wildman–Crippen LogP) is 2.67. The van der Waals surface area contributed by atoms with Crippen LogP contribution in [-0.2, 0) is 6.54 Å². The molecule has 0 aliphatic carbocycles. The summed E-state index contributed by atoms with van der Waals surface area (Å²) in [4.78, 5) is 9.13. The van der Waals surface area contributed by atoms with Crippen molar-refractivity contribution in [3.05, 3.63) is 71.0 Å². The smallest absolute Gasteiger partial charge is 0.159 e. The van der Waals surface area contributed by atoms with Crippen LogP contribution in [0.25, 0.3) is 5.69 Å². The average Bonchev–Trinajstić information content (AvgIpc) is 2.92. The van der Waals surface area contributed by atoms with E-state index in [0.29, 0.717) is 11.7 Å². The first-order valence-corrected chi connectivity index (χ1v) is 6.87. The topological polar surface area (TPSA) is 56.0 Å². The van der Waals surface area contributed by atoms with Gasteiger partial charge in [0.15, 0.2) is 5.82 Å². The third-order valence-electron chi connectivity index (χ3n) is 3.37. The highest BCUT2D eigenvalue weighted by atomic mass is 35.5. The summed E-state index contributed by atoms with van der Waals surface area (Å²) in [6, 6.07) is 13.6. The van der Waals surface area contributed by atoms with Crippen LogP contribution < -0.4 is 0 Å². The van der Waals surface area contributed by atoms with Crippen LogP contribution in [0.15, 0.2) is 53.8 Å². The number of hydrogen-bond donors (Lipinski definition) is 0. The molecule has 0 spiro atoms. The van der Waals surface area contributed by atoms with E-state index in [9.17, 15) is 0 Å². The van der Waals surface area contributed by atoms with E-state index in [4.69, 9.17) is 11.6 Å². The standard InChI is InChI=1S/C15H10ClN5/c16-12-7-6-11-15(19-12)14(10-4-2-1-3-5-10)17-8-13-20-18-9-21(11)13/h1-7,9H,8H2. The molecular weight excluding hydrogens is 286 g/mol. The average molecular weight is 296 g/mol. The van der Waals surface area contributed by atoms with E-state index in [2.05, 4.69) is 20.2 Å². The second-order valence-electron chi connectivity index (χ2n) is 4.65. The van der Waals surface area contributed by atoms with Crippen molar-refractivity contribution >= 4 is 17.3 Å². The summed E-state index contributed by atoms with van der Waals surface area (Å²) < 4.78 is 1.90. The first-order valence-electron chi connectivity index (χ1n) is 6.49. The summed E-state index contributed by atoms with van der Waals surface area (Å²) >= 11 is 6.08. The van der Waals surface area contributed by atoms with Crippen molar-refractivity contribution in [3.63, 3.8) is 0 Å². The van der Waals surface area contributed by atoms with Gasteiger partial charge in [-0.1, -0.05) is 41.9 Å². The number of rotatable bonds is 1. The minimum Gasteiger partial charge on any atom is -0.282 e. The van der Waals surface area contributed by atoms with Crippen molar-refractivity contribution in [2.45, 2.75) is 6.54 Å². The molecule has 0 N–H and O–H groups in total. The Hall–Kier alpha value is -2.53. The molecule has 21 heavy (non-hydrogen) atoms. The Kier molecular flexibility index (Phi) is 2.79. The number of pyridine rings is 1. The predicted molar refractivity (Wildman–Crippen MR) is 79.9 cm³/mol. The lowest BCUT2D eigenvalue weighted by Gasteiger charge is -2.10. The molecule has 2 aromatic heterocycles. The molecule has 0 bridgehead atoms. The molecule has 0 amide bonds. The number of halogens is 1. The van der Waals surface area contributed by atoms with Crippen LogP contribution in [0.5, 0.6) is 0 Å². The molecule has 4 rings (SSSR count). The first-order chi connectivity index (χ1) is 10.3. The van der Waals surface area contributed by atoms with Gasteiger partial charge in [0.25, 0.3) is 0 Å². The summed E-state index contributed by atoms with van der Waals surface area (Å²) in [5.41, 5.74) is 3.46. The van der Waals surface area contributed by atoms with E-state index in [0.717, 1.165) is 28.5 Å². The number of aliphatic imine (C=N–C) groups is 1. The Morgan fingerprint density at radius 3 is 2.76 bits per heavy atom. The zero-order valence-electron chi connectivity index (χ0n) is 10.9. The second kappa shape index (κ2) is 4.79. The van der Waals surface area contributed by atoms with Crippen LogP contribution in [0.2, 0.25) is 5.15 Å². The summed E-state index contributed by atoms with van der Waals surface area (Å²) in [5.74, 6) is 0.784. The maximum atomic E-state index is 6.08. The van der Waals surface area contributed by atoms with Crippen LogP contribution in [0.1, 0.15) is 17.1 Å². The minimum atomic E-state index is 0.439. The molecule has 1 aliphatic heterocycles. The summed E-state index contributed by atoms with van der Waals surface area (Å²) in [5, 5.41) is 8.50. The molecule has 0 radical (unpaired) electrons. The molecule has 1 aromatic carbocycles. The van der Waals surface area contributed by atoms with Crippen LogP contribution in [0.4, 0.5) is 0 Å². The molecule has 0 fully saturated rings. The van der Waals surface area contributed by atoms with E-state index < -0.39 is 0 Å². The van der Waals surface area contributed by atoms with Gasteiger partial charge in [-0.05, 0) is 12.1 Å². The quantitative estimate of drug-likeness (QED) is 0.649. The molecule has 3 heterocycles. The Bertz CT molecular complexity index is 838. The van der Waals surface area contributed by atoms with Crippen LogP contribution in [0.3, 0.4) is 0 Å². The van der Waals surface area contributed by atoms with Crippen molar-refractivity contribution in [2.24, 2.45) is 4.99 Å². The van der Waals surface area contributed by atoms with Gasteiger partial charge in [-0.3, -0.25) is 9.56 Å². The van der Waals surface area contributed by atoms with Gasteiger partial charge < -0.3 is 0 Å². The van der Waals surface area contributed by atoms with Gasteiger partial charge >= 0.3 is 0 Å². The third-order valence-corrected chi connectivity index (χ3v) is 3.58. The third kappa shape index (κ3) is 2.02. The summed E-state index contributed by atoms with van der Waals surface area (Å²) in [7, 11) is 0. The molecule has 5 nitrogen and oxygen atoms in total. The van der Waals surface area contributed by atoms with Gasteiger partial charge in [0, 0.05) is 5.56 Å². The Balaban J connectivity index is 2.00. The number of nitrogens with zero attached hydrogens (tertiary/aromatic N) is 5. The molecule has 6 heteroatoms. The van der Waals surface area contributed by atoms with Crippen molar-refractivity contribution in [3.8, 4) is 5.69 Å². The highest BCUT2D eigenvalue weighted by Gasteiger charge is 2.21. The highest BCUT2D eigenvalue weighted by molar-refractivity contribution is 6.29. The number of fused-ring (bicyclic) bond motifs is 3. The molecular formula is C15H10ClN5. The zero-order chi connectivity index (χ0) is 14.2. The van der Waals surface area contributed by atoms with Gasteiger partial charge in [0.05, 0.1) is 11.4 Å². The molecule has 0 saturated heterocycles. The van der Waals surface area contributed by atoms with Gasteiger partial charge in [-0.25, -0.2) is 4.98 Å². The van der Waals surface area contributed by atoms with E-state index in [1.54, 1.807) is 12.4 Å². The van der Waals surface area contributed by atoms with E-state index in [1.807, 2.05) is 41.0 Å². The fourth-order valence-electron chi connectivity index (χ4n) is 2.41. The summed E-state index contributed by atoms with van der Waals surface area (Å²) in [6.07, 6.45) is 1.67. The van der Waals surface area contributed by atoms with Crippen molar-refractivity contribution in [1.82, 2.24) is 19.7 Å². The second-order valence-corrected chi connectivity index (χ2v) is 5.04. The molecule has 0 atom stereocenters. The fourth-order valence-corrected chi connectivity index (χ4v) is 2.56. The van der Waals surface area contributed by atoms with Crippen molar-refractivity contribution in [1.29, 1.82) is 0 Å². The lowest BCUT2D eigenvalue weighted by atomic mass is 10.1. The van der Waals surface area contributed by atoms with E-state index in [1.165, 1.54) is 0 Å². The fraction of sp³-hybridized carbons (Fsp3) is 0.0667. The van der Waals surface area contributed by atoms with Crippen molar-refractivity contribution in [2.75, 3.05) is 0 Å². The lowest BCUT2D eigenvalue weighted by molar-refractivity contribution is 0.869. The number of hydrogen-bond acceptors (Lipinski definition) is 4. The van der Waals surface area contributed by atoms with Gasteiger partial charge in [-0.15, -0.1) is 10.2 Å². The van der Waals surface area contributed by atoms with Gasteiger partial charge in [0.1, 0.15) is 23.7 Å². The number of benzene rings is 1. The highest BCUT2D eigenvalue weighted by Crippen LogP contribution is 2.24. The van der Waals surface area contributed by atoms with Crippen LogP contribution >= 0.6 is 11.6 Å². The lowest BCUT2D eigenvalue weighted by Crippen LogP contribution is -2.09. The van der Waals surface area contributed by atoms with Crippen LogP contribution in [-0.4, -0.2) is 25.5 Å². The van der Waals surface area contributed by atoms with Crippen molar-refractivity contribution < 1.29 is 0 Å². The Labute approximate surface area is 126 Å². The first kappa shape index (κ1) is 12.2. The molecule has 1 aliphatic rings. The Morgan fingerprint density at radius 2 is 1.90 bits per heavy atom. The monoisotopic (exact) mass is 295 g/mol. The van der Waals surface area contributed by atoms with Crippen LogP contribution in [0, 0.1) is 0 Å². The zero-order valence-corrected chi connectivity index (χ0v) is 11.7. The maximum absolute atomic E-state index is 6.08.